The van der Waals surface area contributed by atoms with Gasteiger partial charge in [0.15, 0.2) is 0 Å². The van der Waals surface area contributed by atoms with Gasteiger partial charge in [-0.25, -0.2) is 4.98 Å². The topological polar surface area (TPSA) is 76.1 Å². The second-order valence-electron chi connectivity index (χ2n) is 9.09. The average molecular weight is 461 g/mol. The van der Waals surface area contributed by atoms with E-state index in [1.165, 1.54) is 37.6 Å². The maximum Gasteiger partial charge on any atom is 0.322 e. The molecule has 0 fully saturated rings. The van der Waals surface area contributed by atoms with Gasteiger partial charge in [0, 0.05) is 30.4 Å². The second-order valence-corrected chi connectivity index (χ2v) is 9.09. The van der Waals surface area contributed by atoms with Crippen molar-refractivity contribution >= 4 is 22.7 Å². The number of hydrogen-bond donors (Lipinski definition) is 2. The highest BCUT2D eigenvalue weighted by Crippen LogP contribution is 2.21. The van der Waals surface area contributed by atoms with Crippen LogP contribution in [0, 0.1) is 0 Å². The number of carbonyl (C=O) groups is 1. The van der Waals surface area contributed by atoms with Crippen molar-refractivity contribution in [1.29, 1.82) is 0 Å². The predicted molar refractivity (Wildman–Crippen MR) is 137 cm³/mol. The monoisotopic (exact) mass is 460 g/mol. The molecule has 4 rings (SSSR count). The van der Waals surface area contributed by atoms with E-state index >= 15 is 0 Å². The quantitative estimate of drug-likeness (QED) is 0.286. The van der Waals surface area contributed by atoms with E-state index in [2.05, 4.69) is 33.8 Å². The Morgan fingerprint density at radius 2 is 1.94 bits per heavy atom. The summed E-state index contributed by atoms with van der Waals surface area (Å²) in [6.45, 7) is 1.65. The van der Waals surface area contributed by atoms with Crippen molar-refractivity contribution < 1.29 is 9.53 Å². The molecule has 6 nitrogen and oxygen atoms in total. The van der Waals surface area contributed by atoms with Gasteiger partial charge in [-0.05, 0) is 61.4 Å². The van der Waals surface area contributed by atoms with Crippen LogP contribution in [0.15, 0.2) is 48.7 Å². The van der Waals surface area contributed by atoms with Crippen molar-refractivity contribution in [3.05, 3.63) is 65.5 Å². The number of anilines is 1. The molecule has 3 heterocycles. The van der Waals surface area contributed by atoms with Crippen molar-refractivity contribution in [2.75, 3.05) is 19.0 Å². The number of methoxy groups -OCH3 is 1. The lowest BCUT2D eigenvalue weighted by molar-refractivity contribution is -0.143. The molecule has 2 N–H and O–H groups in total. The Hall–Kier alpha value is -2.99. The maximum atomic E-state index is 12.3. The number of benzene rings is 1. The van der Waals surface area contributed by atoms with Crippen LogP contribution >= 0.6 is 0 Å². The Morgan fingerprint density at radius 1 is 1.09 bits per heavy atom. The minimum atomic E-state index is -0.288. The number of aromatic nitrogens is 2. The van der Waals surface area contributed by atoms with Crippen LogP contribution in [0.5, 0.6) is 0 Å². The Labute approximate surface area is 202 Å². The lowest BCUT2D eigenvalue weighted by Crippen LogP contribution is -2.37. The number of aryl methyl sites for hydroxylation is 2. The number of hydrogen-bond acceptors (Lipinski definition) is 6. The summed E-state index contributed by atoms with van der Waals surface area (Å²) < 4.78 is 5.05. The number of nitrogens with one attached hydrogen (secondary N) is 2. The minimum absolute atomic E-state index is 0.189. The fourth-order valence-corrected chi connectivity index (χ4v) is 4.68. The van der Waals surface area contributed by atoms with Gasteiger partial charge in [-0.1, -0.05) is 49.9 Å². The summed E-state index contributed by atoms with van der Waals surface area (Å²) in [5.74, 6) is 0.898. The molecular formula is C28H36N4O2. The number of carbonyl (C=O) groups excluding carboxylic acids is 1. The number of rotatable bonds is 12. The summed E-state index contributed by atoms with van der Waals surface area (Å²) in [5.41, 5.74) is 4.65. The SMILES string of the molecule is COC(=O)C(CCCCCCCc1ccc2c(n1)NCCC2)NCc1ccnc2ccccc12. The van der Waals surface area contributed by atoms with Crippen LogP contribution in [-0.2, 0) is 28.9 Å². The number of nitrogens with zero attached hydrogens (tertiary/aromatic N) is 2. The van der Waals surface area contributed by atoms with Crippen LogP contribution in [0.2, 0.25) is 0 Å². The average Bonchev–Trinajstić information content (AvgIpc) is 2.89. The van der Waals surface area contributed by atoms with Gasteiger partial charge in [0.25, 0.3) is 0 Å². The molecule has 2 aromatic heterocycles. The summed E-state index contributed by atoms with van der Waals surface area (Å²) in [5, 5.41) is 7.94. The van der Waals surface area contributed by atoms with Gasteiger partial charge in [0.2, 0.25) is 0 Å². The van der Waals surface area contributed by atoms with Gasteiger partial charge in [0.05, 0.1) is 12.6 Å². The Kier molecular flexibility index (Phi) is 8.85. The second kappa shape index (κ2) is 12.5. The van der Waals surface area contributed by atoms with Gasteiger partial charge >= 0.3 is 5.97 Å². The van der Waals surface area contributed by atoms with E-state index in [1.54, 1.807) is 0 Å². The molecule has 34 heavy (non-hydrogen) atoms. The molecule has 0 amide bonds. The molecule has 180 valence electrons. The Morgan fingerprint density at radius 3 is 2.85 bits per heavy atom. The maximum absolute atomic E-state index is 12.3. The number of ether oxygens (including phenoxy) is 1. The fourth-order valence-electron chi connectivity index (χ4n) is 4.68. The van der Waals surface area contributed by atoms with Gasteiger partial charge < -0.3 is 15.4 Å². The molecule has 0 spiro atoms. The van der Waals surface area contributed by atoms with E-state index in [0.717, 1.165) is 67.4 Å². The van der Waals surface area contributed by atoms with Crippen molar-refractivity contribution in [3.63, 3.8) is 0 Å². The highest BCUT2D eigenvalue weighted by atomic mass is 16.5. The smallest absolute Gasteiger partial charge is 0.322 e. The fraction of sp³-hybridized carbons (Fsp3) is 0.464. The van der Waals surface area contributed by atoms with Crippen LogP contribution in [-0.4, -0.2) is 35.6 Å². The molecule has 0 saturated carbocycles. The van der Waals surface area contributed by atoms with Crippen LogP contribution in [0.3, 0.4) is 0 Å². The molecule has 1 aliphatic heterocycles. The number of pyridine rings is 2. The van der Waals surface area contributed by atoms with Crippen molar-refractivity contribution in [1.82, 2.24) is 15.3 Å². The molecular weight excluding hydrogens is 424 g/mol. The van der Waals surface area contributed by atoms with E-state index in [-0.39, 0.29) is 12.0 Å². The molecule has 0 aliphatic carbocycles. The van der Waals surface area contributed by atoms with Gasteiger partial charge in [0.1, 0.15) is 11.9 Å². The lowest BCUT2D eigenvalue weighted by atomic mass is 10.0. The summed E-state index contributed by atoms with van der Waals surface area (Å²) >= 11 is 0. The summed E-state index contributed by atoms with van der Waals surface area (Å²) in [6, 6.07) is 14.2. The molecule has 0 bridgehead atoms. The third-order valence-corrected chi connectivity index (χ3v) is 6.64. The number of unbranched alkanes of at least 4 members (excludes halogenated alkanes) is 4. The zero-order valence-electron chi connectivity index (χ0n) is 20.2. The zero-order chi connectivity index (χ0) is 23.6. The number of esters is 1. The molecule has 1 aromatic carbocycles. The number of fused-ring (bicyclic) bond motifs is 2. The first-order chi connectivity index (χ1) is 16.7. The minimum Gasteiger partial charge on any atom is -0.468 e. The summed E-state index contributed by atoms with van der Waals surface area (Å²) in [4.78, 5) is 21.5. The number of para-hydroxylation sites is 1. The Bertz CT molecular complexity index is 1080. The highest BCUT2D eigenvalue weighted by molar-refractivity contribution is 5.82. The molecule has 1 atom stereocenters. The van der Waals surface area contributed by atoms with Gasteiger partial charge in [-0.15, -0.1) is 0 Å². The first-order valence-corrected chi connectivity index (χ1v) is 12.6. The molecule has 1 unspecified atom stereocenters. The zero-order valence-corrected chi connectivity index (χ0v) is 20.2. The van der Waals surface area contributed by atoms with Crippen LogP contribution in [0.1, 0.15) is 61.8 Å². The largest absolute Gasteiger partial charge is 0.468 e. The van der Waals surface area contributed by atoms with E-state index < -0.39 is 0 Å². The van der Waals surface area contributed by atoms with E-state index in [4.69, 9.17) is 9.72 Å². The van der Waals surface area contributed by atoms with Gasteiger partial charge in [-0.2, -0.15) is 0 Å². The predicted octanol–water partition coefficient (Wildman–Crippen LogP) is 5.20. The lowest BCUT2D eigenvalue weighted by Gasteiger charge is -2.17. The summed E-state index contributed by atoms with van der Waals surface area (Å²) in [6.07, 6.45) is 11.6. The van der Waals surface area contributed by atoms with Crippen LogP contribution < -0.4 is 10.6 Å². The molecule has 0 saturated heterocycles. The van der Waals surface area contributed by atoms with E-state index in [0.29, 0.717) is 6.54 Å². The van der Waals surface area contributed by atoms with Crippen molar-refractivity contribution in [3.8, 4) is 0 Å². The highest BCUT2D eigenvalue weighted by Gasteiger charge is 2.18. The van der Waals surface area contributed by atoms with E-state index in [9.17, 15) is 4.79 Å². The van der Waals surface area contributed by atoms with E-state index in [1.807, 2.05) is 30.5 Å². The third kappa shape index (κ3) is 6.54. The van der Waals surface area contributed by atoms with Gasteiger partial charge in [-0.3, -0.25) is 9.78 Å². The van der Waals surface area contributed by atoms with Crippen molar-refractivity contribution in [2.24, 2.45) is 0 Å². The van der Waals surface area contributed by atoms with Crippen LogP contribution in [0.25, 0.3) is 10.9 Å². The third-order valence-electron chi connectivity index (χ3n) is 6.64. The van der Waals surface area contributed by atoms with Crippen LogP contribution in [0.4, 0.5) is 5.82 Å². The first-order valence-electron chi connectivity index (χ1n) is 12.6. The van der Waals surface area contributed by atoms with Crippen molar-refractivity contribution in [2.45, 2.75) is 70.4 Å². The molecule has 6 heteroatoms. The normalized spacial score (nSPS) is 13.8. The Balaban J connectivity index is 1.17. The first kappa shape index (κ1) is 24.1. The molecule has 1 aliphatic rings. The molecule has 0 radical (unpaired) electrons. The standard InChI is InChI=1S/C28H36N4O2/c1-34-28(33)26(31-20-22-17-19-29-25-13-8-7-12-24(22)25)14-6-4-2-3-5-11-23-16-15-21-10-9-18-30-27(21)32-23/h7-8,12-13,15-17,19,26,31H,2-6,9-11,14,18,20H2,1H3,(H,30,32). The molecule has 3 aromatic rings. The summed E-state index contributed by atoms with van der Waals surface area (Å²) in [7, 11) is 1.46.